The van der Waals surface area contributed by atoms with E-state index in [1.165, 1.54) is 33.0 Å². The van der Waals surface area contributed by atoms with Crippen LogP contribution in [0.1, 0.15) is 5.56 Å². The first-order valence-electron chi connectivity index (χ1n) is 19.3. The molecule has 10 aromatic rings. The van der Waals surface area contributed by atoms with Crippen LogP contribution in [0.4, 0.5) is 0 Å². The molecule has 0 bridgehead atoms. The van der Waals surface area contributed by atoms with Gasteiger partial charge in [-0.05, 0) is 84.8 Å². The Morgan fingerprint density at radius 1 is 0.328 bits per heavy atom. The summed E-state index contributed by atoms with van der Waals surface area (Å²) in [6.45, 7) is 0. The molecule has 0 saturated heterocycles. The van der Waals surface area contributed by atoms with Crippen molar-refractivity contribution in [3.63, 3.8) is 0 Å². The Bertz CT molecular complexity index is 3170. The molecular formula is C53H31N5. The van der Waals surface area contributed by atoms with Crippen molar-refractivity contribution in [2.24, 2.45) is 0 Å². The van der Waals surface area contributed by atoms with Crippen molar-refractivity contribution in [1.29, 1.82) is 5.26 Å². The van der Waals surface area contributed by atoms with Gasteiger partial charge in [0.1, 0.15) is 0 Å². The topological polar surface area (TPSA) is 75.3 Å². The van der Waals surface area contributed by atoms with Crippen molar-refractivity contribution in [1.82, 2.24) is 19.9 Å². The lowest BCUT2D eigenvalue weighted by Gasteiger charge is -2.17. The van der Waals surface area contributed by atoms with Gasteiger partial charge in [-0.2, -0.15) is 5.26 Å². The largest absolute Gasteiger partial charge is 0.256 e. The summed E-state index contributed by atoms with van der Waals surface area (Å²) in [6, 6.07) is 65.0. The molecule has 8 aromatic carbocycles. The van der Waals surface area contributed by atoms with Gasteiger partial charge < -0.3 is 0 Å². The van der Waals surface area contributed by atoms with Crippen molar-refractivity contribution in [3.8, 4) is 96.0 Å². The van der Waals surface area contributed by atoms with Crippen LogP contribution in [0.5, 0.6) is 0 Å². The fraction of sp³-hybridized carbons (Fsp3) is 0. The quantitative estimate of drug-likeness (QED) is 0.170. The van der Waals surface area contributed by atoms with Crippen molar-refractivity contribution >= 4 is 21.5 Å². The van der Waals surface area contributed by atoms with Crippen LogP contribution in [0, 0.1) is 11.3 Å². The molecule has 0 saturated carbocycles. The first-order valence-corrected chi connectivity index (χ1v) is 19.3. The number of fused-ring (bicyclic) bond motifs is 4. The molecule has 5 heteroatoms. The Hall–Kier alpha value is -8.07. The van der Waals surface area contributed by atoms with Gasteiger partial charge in [0.2, 0.25) is 0 Å². The second-order valence-corrected chi connectivity index (χ2v) is 14.5. The van der Waals surface area contributed by atoms with E-state index in [4.69, 9.17) is 19.9 Å². The van der Waals surface area contributed by atoms with E-state index in [1.54, 1.807) is 0 Å². The van der Waals surface area contributed by atoms with E-state index in [0.717, 1.165) is 61.0 Å². The average Bonchev–Trinajstić information content (AvgIpc) is 3.64. The van der Waals surface area contributed by atoms with Gasteiger partial charge >= 0.3 is 0 Å². The van der Waals surface area contributed by atoms with E-state index in [9.17, 15) is 5.26 Å². The number of nitriles is 1. The van der Waals surface area contributed by atoms with Gasteiger partial charge in [-0.25, -0.2) is 15.0 Å². The lowest BCUT2D eigenvalue weighted by molar-refractivity contribution is 1.08. The third kappa shape index (κ3) is 5.47. The van der Waals surface area contributed by atoms with E-state index in [1.807, 2.05) is 91.1 Å². The lowest BCUT2D eigenvalue weighted by Crippen LogP contribution is -2.00. The van der Waals surface area contributed by atoms with E-state index in [-0.39, 0.29) is 0 Å². The van der Waals surface area contributed by atoms with Gasteiger partial charge in [0.25, 0.3) is 0 Å². The summed E-state index contributed by atoms with van der Waals surface area (Å²) < 4.78 is 0. The maximum atomic E-state index is 9.30. The maximum Gasteiger partial charge on any atom is 0.164 e. The highest BCUT2D eigenvalue weighted by Gasteiger charge is 2.26. The van der Waals surface area contributed by atoms with Crippen LogP contribution in [0.25, 0.3) is 111 Å². The summed E-state index contributed by atoms with van der Waals surface area (Å²) in [5, 5.41) is 13.9. The Kier molecular flexibility index (Phi) is 7.80. The minimum atomic E-state index is 0.625. The van der Waals surface area contributed by atoms with Crippen LogP contribution >= 0.6 is 0 Å². The van der Waals surface area contributed by atoms with Crippen molar-refractivity contribution in [3.05, 3.63) is 194 Å². The number of hydrogen-bond acceptors (Lipinski definition) is 5. The molecule has 0 fully saturated rings. The van der Waals surface area contributed by atoms with Crippen molar-refractivity contribution < 1.29 is 0 Å². The van der Waals surface area contributed by atoms with Gasteiger partial charge in [0.05, 0.1) is 17.3 Å². The second-order valence-electron chi connectivity index (χ2n) is 14.5. The van der Waals surface area contributed by atoms with Crippen molar-refractivity contribution in [2.45, 2.75) is 0 Å². The number of pyridine rings is 1. The first kappa shape index (κ1) is 33.3. The summed E-state index contributed by atoms with van der Waals surface area (Å²) in [4.78, 5) is 20.1. The Morgan fingerprint density at radius 3 is 1.38 bits per heavy atom. The summed E-state index contributed by atoms with van der Waals surface area (Å²) in [5.41, 5.74) is 14.7. The maximum absolute atomic E-state index is 9.30. The molecule has 58 heavy (non-hydrogen) atoms. The fourth-order valence-corrected chi connectivity index (χ4v) is 8.46. The highest BCUT2D eigenvalue weighted by atomic mass is 15.0. The van der Waals surface area contributed by atoms with E-state index in [0.29, 0.717) is 23.0 Å². The zero-order valence-corrected chi connectivity index (χ0v) is 31.1. The van der Waals surface area contributed by atoms with E-state index in [2.05, 4.69) is 103 Å². The Labute approximate surface area is 335 Å². The number of hydrogen-bond donors (Lipinski definition) is 0. The molecule has 0 atom stereocenters. The highest BCUT2D eigenvalue weighted by Crippen LogP contribution is 2.52. The molecule has 0 unspecified atom stereocenters. The first-order chi connectivity index (χ1) is 28.7. The number of aromatic nitrogens is 4. The Morgan fingerprint density at radius 2 is 0.793 bits per heavy atom. The minimum Gasteiger partial charge on any atom is -0.256 e. The molecule has 2 heterocycles. The molecule has 1 aliphatic rings. The summed E-state index contributed by atoms with van der Waals surface area (Å²) in [7, 11) is 0. The number of rotatable bonds is 6. The zero-order chi connectivity index (χ0) is 38.6. The molecule has 0 aliphatic heterocycles. The smallest absolute Gasteiger partial charge is 0.164 e. The highest BCUT2D eigenvalue weighted by molar-refractivity contribution is 6.24. The van der Waals surface area contributed by atoms with Gasteiger partial charge in [0.15, 0.2) is 17.5 Å². The fourth-order valence-electron chi connectivity index (χ4n) is 8.46. The van der Waals surface area contributed by atoms with Gasteiger partial charge in [-0.3, -0.25) is 4.98 Å². The third-order valence-corrected chi connectivity index (χ3v) is 11.2. The van der Waals surface area contributed by atoms with Crippen LogP contribution in [-0.2, 0) is 0 Å². The monoisotopic (exact) mass is 737 g/mol. The zero-order valence-electron chi connectivity index (χ0n) is 31.1. The lowest BCUT2D eigenvalue weighted by atomic mass is 9.86. The van der Waals surface area contributed by atoms with Gasteiger partial charge in [-0.1, -0.05) is 158 Å². The molecule has 5 nitrogen and oxygen atoms in total. The molecule has 11 rings (SSSR count). The molecule has 0 spiro atoms. The molecule has 0 amide bonds. The van der Waals surface area contributed by atoms with E-state index < -0.39 is 0 Å². The molecule has 268 valence electrons. The minimum absolute atomic E-state index is 0.625. The Balaban J connectivity index is 1.12. The molecule has 0 N–H and O–H groups in total. The van der Waals surface area contributed by atoms with E-state index >= 15 is 0 Å². The molecule has 2 aromatic heterocycles. The normalized spacial score (nSPS) is 11.4. The van der Waals surface area contributed by atoms with Gasteiger partial charge in [0, 0.05) is 34.0 Å². The summed E-state index contributed by atoms with van der Waals surface area (Å²) >= 11 is 0. The van der Waals surface area contributed by atoms with Crippen LogP contribution in [0.2, 0.25) is 0 Å². The van der Waals surface area contributed by atoms with Crippen LogP contribution < -0.4 is 0 Å². The molecule has 1 aliphatic carbocycles. The van der Waals surface area contributed by atoms with Crippen molar-refractivity contribution in [2.75, 3.05) is 0 Å². The molecule has 0 radical (unpaired) electrons. The SMILES string of the molecule is N#Cc1ccc(-c2ccc(-c3ccc4c5c(ccc(-c6ccc(-c7nc(-c8ccccc8)nc(-c8ccccc8)n7)c7ccccc67)c35)-c3ccccc3-4)cn2)cc1. The van der Waals surface area contributed by atoms with Crippen LogP contribution in [0.3, 0.4) is 0 Å². The average molecular weight is 738 g/mol. The predicted molar refractivity (Wildman–Crippen MR) is 234 cm³/mol. The third-order valence-electron chi connectivity index (χ3n) is 11.2. The van der Waals surface area contributed by atoms with Crippen LogP contribution in [0.15, 0.2) is 188 Å². The van der Waals surface area contributed by atoms with Gasteiger partial charge in [-0.15, -0.1) is 0 Å². The number of benzene rings is 8. The standard InChI is InChI=1S/C53H31N5/c54-31-33-19-21-34(22-20-33)48-30-23-37(32-55-48)38-24-26-44-40-16-8-9-17-41(40)45-27-28-46(49(38)50(44)45)43-25-29-47(42-18-10-7-15-39(42)43)53-57-51(35-11-3-1-4-12-35)56-52(58-53)36-13-5-2-6-14-36/h1-30,32H. The second kappa shape index (κ2) is 13.6. The summed E-state index contributed by atoms with van der Waals surface area (Å²) in [5.74, 6) is 1.89. The van der Waals surface area contributed by atoms with Crippen LogP contribution in [-0.4, -0.2) is 19.9 Å². The number of nitrogens with zero attached hydrogens (tertiary/aromatic N) is 5. The predicted octanol–water partition coefficient (Wildman–Crippen LogP) is 13.1. The molecular weight excluding hydrogens is 707 g/mol. The summed E-state index contributed by atoms with van der Waals surface area (Å²) in [6.07, 6.45) is 1.97.